The molecule has 2 aromatic rings. The number of carbonyl (C=O) groups is 1. The number of rotatable bonds is 2. The second-order valence-corrected chi connectivity index (χ2v) is 4.86. The fourth-order valence-electron chi connectivity index (χ4n) is 2.65. The third kappa shape index (κ3) is 1.95. The molecule has 1 aromatic heterocycles. The van der Waals surface area contributed by atoms with Gasteiger partial charge in [0.15, 0.2) is 0 Å². The highest BCUT2D eigenvalue weighted by atomic mass is 16.5. The number of hydrogen-bond acceptors (Lipinski definition) is 3. The van der Waals surface area contributed by atoms with Gasteiger partial charge < -0.3 is 9.64 Å². The Balaban J connectivity index is 1.99. The van der Waals surface area contributed by atoms with Gasteiger partial charge in [0.2, 0.25) is 5.88 Å². The van der Waals surface area contributed by atoms with E-state index >= 15 is 0 Å². The second kappa shape index (κ2) is 4.57. The van der Waals surface area contributed by atoms with Crippen LogP contribution in [0.1, 0.15) is 23.2 Å². The summed E-state index contributed by atoms with van der Waals surface area (Å²) in [6.07, 6.45) is 2.21. The van der Waals surface area contributed by atoms with Crippen LogP contribution in [0.5, 0.6) is 5.88 Å². The summed E-state index contributed by atoms with van der Waals surface area (Å²) in [6, 6.07) is 5.61. The minimum Gasteiger partial charge on any atom is -0.481 e. The van der Waals surface area contributed by atoms with Crippen molar-refractivity contribution in [3.63, 3.8) is 0 Å². The van der Waals surface area contributed by atoms with Gasteiger partial charge in [-0.1, -0.05) is 0 Å². The van der Waals surface area contributed by atoms with E-state index in [1.54, 1.807) is 11.8 Å². The first kappa shape index (κ1) is 12.0. The summed E-state index contributed by atoms with van der Waals surface area (Å²) in [4.78, 5) is 14.2. The van der Waals surface area contributed by atoms with Crippen molar-refractivity contribution in [3.05, 3.63) is 23.8 Å². The van der Waals surface area contributed by atoms with Crippen molar-refractivity contribution in [2.75, 3.05) is 20.2 Å². The zero-order valence-corrected chi connectivity index (χ0v) is 11.2. The van der Waals surface area contributed by atoms with E-state index < -0.39 is 0 Å². The smallest absolute Gasteiger partial charge is 0.253 e. The molecule has 1 fully saturated rings. The lowest BCUT2D eigenvalue weighted by atomic mass is 10.1. The van der Waals surface area contributed by atoms with Crippen LogP contribution in [0.3, 0.4) is 0 Å². The maximum absolute atomic E-state index is 12.3. The second-order valence-electron chi connectivity index (χ2n) is 4.86. The van der Waals surface area contributed by atoms with Gasteiger partial charge in [-0.25, -0.2) is 4.68 Å². The summed E-state index contributed by atoms with van der Waals surface area (Å²) in [7, 11) is 3.46. The van der Waals surface area contributed by atoms with Crippen molar-refractivity contribution in [3.8, 4) is 5.88 Å². The van der Waals surface area contributed by atoms with Crippen molar-refractivity contribution < 1.29 is 9.53 Å². The monoisotopic (exact) mass is 259 g/mol. The topological polar surface area (TPSA) is 47.4 Å². The molecule has 0 spiro atoms. The van der Waals surface area contributed by atoms with E-state index in [9.17, 15) is 4.79 Å². The lowest BCUT2D eigenvalue weighted by Gasteiger charge is -2.14. The number of aryl methyl sites for hydroxylation is 1. The first-order valence-electron chi connectivity index (χ1n) is 6.51. The SMILES string of the molecule is COc1c2ccc(C(=O)N3CCCC3)cc2nn1C. The molecule has 0 atom stereocenters. The van der Waals surface area contributed by atoms with Crippen molar-refractivity contribution in [2.45, 2.75) is 12.8 Å². The van der Waals surface area contributed by atoms with Gasteiger partial charge in [0.1, 0.15) is 0 Å². The average Bonchev–Trinajstić information content (AvgIpc) is 3.03. The Morgan fingerprint density at radius 1 is 1.32 bits per heavy atom. The minimum atomic E-state index is 0.101. The van der Waals surface area contributed by atoms with Crippen molar-refractivity contribution >= 4 is 16.8 Å². The molecule has 1 amide bonds. The molecular formula is C14H17N3O2. The van der Waals surface area contributed by atoms with E-state index in [0.717, 1.165) is 42.7 Å². The highest BCUT2D eigenvalue weighted by Crippen LogP contribution is 2.26. The zero-order valence-electron chi connectivity index (χ0n) is 11.2. The largest absolute Gasteiger partial charge is 0.481 e. The van der Waals surface area contributed by atoms with E-state index in [1.807, 2.05) is 30.1 Å². The Kier molecular flexibility index (Phi) is 2.89. The van der Waals surface area contributed by atoms with Crippen molar-refractivity contribution in [1.82, 2.24) is 14.7 Å². The number of amides is 1. The van der Waals surface area contributed by atoms with E-state index in [4.69, 9.17) is 4.74 Å². The number of aromatic nitrogens is 2. The predicted molar refractivity (Wildman–Crippen MR) is 72.4 cm³/mol. The molecule has 0 saturated carbocycles. The number of ether oxygens (including phenoxy) is 1. The summed E-state index contributed by atoms with van der Waals surface area (Å²) < 4.78 is 6.99. The molecule has 5 nitrogen and oxygen atoms in total. The number of benzene rings is 1. The summed E-state index contributed by atoms with van der Waals surface area (Å²) >= 11 is 0. The summed E-state index contributed by atoms with van der Waals surface area (Å²) in [5.41, 5.74) is 1.50. The molecule has 1 aliphatic heterocycles. The van der Waals surface area contributed by atoms with Crippen LogP contribution in [-0.4, -0.2) is 40.8 Å². The molecule has 100 valence electrons. The van der Waals surface area contributed by atoms with Crippen LogP contribution < -0.4 is 4.74 Å². The number of nitrogens with zero attached hydrogens (tertiary/aromatic N) is 3. The standard InChI is InChI=1S/C14H17N3O2/c1-16-14(19-2)11-6-5-10(9-12(11)15-16)13(18)17-7-3-4-8-17/h5-6,9H,3-4,7-8H2,1-2H3. The predicted octanol–water partition coefficient (Wildman–Crippen LogP) is 1.82. The van der Waals surface area contributed by atoms with Crippen molar-refractivity contribution in [1.29, 1.82) is 0 Å². The Morgan fingerprint density at radius 2 is 2.05 bits per heavy atom. The van der Waals surface area contributed by atoms with Crippen LogP contribution in [0.25, 0.3) is 10.9 Å². The third-order valence-electron chi connectivity index (χ3n) is 3.61. The van der Waals surface area contributed by atoms with Crippen LogP contribution in [0.4, 0.5) is 0 Å². The quantitative estimate of drug-likeness (QED) is 0.826. The normalized spacial score (nSPS) is 15.2. The maximum Gasteiger partial charge on any atom is 0.253 e. The molecular weight excluding hydrogens is 242 g/mol. The van der Waals surface area contributed by atoms with Crippen LogP contribution >= 0.6 is 0 Å². The summed E-state index contributed by atoms with van der Waals surface area (Å²) in [6.45, 7) is 1.73. The van der Waals surface area contributed by atoms with Crippen LogP contribution in [-0.2, 0) is 7.05 Å². The van der Waals surface area contributed by atoms with Crippen molar-refractivity contribution in [2.24, 2.45) is 7.05 Å². The molecule has 3 rings (SSSR count). The van der Waals surface area contributed by atoms with Crippen LogP contribution in [0.15, 0.2) is 18.2 Å². The van der Waals surface area contributed by atoms with Gasteiger partial charge in [-0.05, 0) is 31.0 Å². The fraction of sp³-hybridized carbons (Fsp3) is 0.429. The zero-order chi connectivity index (χ0) is 13.4. The highest BCUT2D eigenvalue weighted by Gasteiger charge is 2.20. The number of methoxy groups -OCH3 is 1. The molecule has 1 aliphatic rings. The van der Waals surface area contributed by atoms with Gasteiger partial charge in [-0.2, -0.15) is 5.10 Å². The lowest BCUT2D eigenvalue weighted by molar-refractivity contribution is 0.0793. The molecule has 0 bridgehead atoms. The van der Waals surface area contributed by atoms with Gasteiger partial charge in [-0.15, -0.1) is 0 Å². The van der Waals surface area contributed by atoms with E-state index in [1.165, 1.54) is 0 Å². The first-order chi connectivity index (χ1) is 9.20. The molecule has 19 heavy (non-hydrogen) atoms. The van der Waals surface area contributed by atoms with E-state index in [0.29, 0.717) is 5.56 Å². The Hall–Kier alpha value is -2.04. The van der Waals surface area contributed by atoms with Gasteiger partial charge in [0.25, 0.3) is 5.91 Å². The molecule has 0 unspecified atom stereocenters. The molecule has 0 N–H and O–H groups in total. The first-order valence-corrected chi connectivity index (χ1v) is 6.51. The molecule has 5 heteroatoms. The third-order valence-corrected chi connectivity index (χ3v) is 3.61. The Bertz CT molecular complexity index is 627. The van der Waals surface area contributed by atoms with Crippen LogP contribution in [0, 0.1) is 0 Å². The van der Waals surface area contributed by atoms with Gasteiger partial charge >= 0.3 is 0 Å². The van der Waals surface area contributed by atoms with E-state index in [2.05, 4.69) is 5.10 Å². The number of likely N-dealkylation sites (tertiary alicyclic amines) is 1. The number of fused-ring (bicyclic) bond motifs is 1. The molecule has 0 aliphatic carbocycles. The van der Waals surface area contributed by atoms with Gasteiger partial charge in [-0.3, -0.25) is 4.79 Å². The molecule has 2 heterocycles. The molecule has 1 aromatic carbocycles. The number of hydrogen-bond donors (Lipinski definition) is 0. The fourth-order valence-corrected chi connectivity index (χ4v) is 2.65. The molecule has 0 radical (unpaired) electrons. The maximum atomic E-state index is 12.3. The van der Waals surface area contributed by atoms with Gasteiger partial charge in [0, 0.05) is 25.7 Å². The highest BCUT2D eigenvalue weighted by molar-refractivity contribution is 5.98. The minimum absolute atomic E-state index is 0.101. The van der Waals surface area contributed by atoms with E-state index in [-0.39, 0.29) is 5.91 Å². The summed E-state index contributed by atoms with van der Waals surface area (Å²) in [5.74, 6) is 0.819. The average molecular weight is 259 g/mol. The summed E-state index contributed by atoms with van der Waals surface area (Å²) in [5, 5.41) is 5.31. The Labute approximate surface area is 111 Å². The Morgan fingerprint density at radius 3 is 2.74 bits per heavy atom. The molecule has 1 saturated heterocycles. The lowest BCUT2D eigenvalue weighted by Crippen LogP contribution is -2.27. The van der Waals surface area contributed by atoms with Gasteiger partial charge in [0.05, 0.1) is 18.0 Å². The van der Waals surface area contributed by atoms with Crippen LogP contribution in [0.2, 0.25) is 0 Å². The number of carbonyl (C=O) groups excluding carboxylic acids is 1.